The summed E-state index contributed by atoms with van der Waals surface area (Å²) in [5, 5.41) is 9.50. The molecule has 0 aliphatic carbocycles. The zero-order valence-electron chi connectivity index (χ0n) is 9.42. The Balaban J connectivity index is 3.58. The maximum Gasteiger partial charge on any atom is 0.0542 e. The van der Waals surface area contributed by atoms with Crippen LogP contribution in [0.1, 0.15) is 40.5 Å². The number of aliphatic hydroxyl groups excluding tert-OH is 1. The minimum Gasteiger partial charge on any atom is -0.393 e. The summed E-state index contributed by atoms with van der Waals surface area (Å²) in [6.45, 7) is 9.84. The van der Waals surface area contributed by atoms with Gasteiger partial charge in [-0.3, -0.25) is 0 Å². The van der Waals surface area contributed by atoms with E-state index in [1.807, 2.05) is 13.8 Å². The van der Waals surface area contributed by atoms with Crippen LogP contribution >= 0.6 is 0 Å². The molecule has 2 atom stereocenters. The maximum absolute atomic E-state index is 9.50. The summed E-state index contributed by atoms with van der Waals surface area (Å²) in [4.78, 5) is 0. The highest BCUT2D eigenvalue weighted by Crippen LogP contribution is 2.20. The van der Waals surface area contributed by atoms with Crippen LogP contribution < -0.4 is 0 Å². The van der Waals surface area contributed by atoms with Crippen molar-refractivity contribution < 1.29 is 9.84 Å². The van der Waals surface area contributed by atoms with E-state index >= 15 is 0 Å². The lowest BCUT2D eigenvalue weighted by atomic mass is 9.87. The lowest BCUT2D eigenvalue weighted by Gasteiger charge is -2.23. The van der Waals surface area contributed by atoms with Gasteiger partial charge in [0.05, 0.1) is 6.10 Å². The molecule has 0 spiro atoms. The van der Waals surface area contributed by atoms with Crippen molar-refractivity contribution in [1.29, 1.82) is 0 Å². The molecule has 0 saturated carbocycles. The van der Waals surface area contributed by atoms with E-state index in [2.05, 4.69) is 13.8 Å². The van der Waals surface area contributed by atoms with Gasteiger partial charge in [-0.2, -0.15) is 0 Å². The molecule has 0 fully saturated rings. The van der Waals surface area contributed by atoms with Crippen molar-refractivity contribution in [2.75, 3.05) is 13.2 Å². The van der Waals surface area contributed by atoms with E-state index in [4.69, 9.17) is 4.74 Å². The van der Waals surface area contributed by atoms with Crippen molar-refractivity contribution in [1.82, 2.24) is 0 Å². The number of aliphatic hydroxyl groups is 1. The van der Waals surface area contributed by atoms with Gasteiger partial charge in [0.15, 0.2) is 0 Å². The highest BCUT2D eigenvalue weighted by atomic mass is 16.5. The van der Waals surface area contributed by atoms with Crippen molar-refractivity contribution in [3.8, 4) is 0 Å². The standard InChI is InChI=1S/C11H24O2/c1-5-13-8-6-7-11(9(2)3)10(4)12/h9-12H,5-8H2,1-4H3. The maximum atomic E-state index is 9.50. The summed E-state index contributed by atoms with van der Waals surface area (Å²) in [6, 6.07) is 0. The molecule has 0 rings (SSSR count). The molecule has 80 valence electrons. The van der Waals surface area contributed by atoms with Gasteiger partial charge >= 0.3 is 0 Å². The van der Waals surface area contributed by atoms with E-state index in [1.54, 1.807) is 0 Å². The average Bonchev–Trinajstić information content (AvgIpc) is 2.02. The Hall–Kier alpha value is -0.0800. The van der Waals surface area contributed by atoms with Crippen LogP contribution in [0.2, 0.25) is 0 Å². The molecular weight excluding hydrogens is 164 g/mol. The van der Waals surface area contributed by atoms with E-state index in [0.29, 0.717) is 11.8 Å². The molecule has 2 nitrogen and oxygen atoms in total. The van der Waals surface area contributed by atoms with E-state index in [-0.39, 0.29) is 6.10 Å². The van der Waals surface area contributed by atoms with E-state index < -0.39 is 0 Å². The van der Waals surface area contributed by atoms with Crippen LogP contribution in [-0.2, 0) is 4.74 Å². The average molecular weight is 188 g/mol. The molecule has 0 radical (unpaired) electrons. The quantitative estimate of drug-likeness (QED) is 0.622. The van der Waals surface area contributed by atoms with Crippen molar-refractivity contribution in [2.24, 2.45) is 11.8 Å². The normalized spacial score (nSPS) is 16.2. The summed E-state index contributed by atoms with van der Waals surface area (Å²) in [5.41, 5.74) is 0. The predicted molar refractivity (Wildman–Crippen MR) is 55.7 cm³/mol. The molecule has 1 N–H and O–H groups in total. The first-order valence-electron chi connectivity index (χ1n) is 5.35. The Kier molecular flexibility index (Phi) is 7.29. The fourth-order valence-electron chi connectivity index (χ4n) is 1.70. The van der Waals surface area contributed by atoms with Gasteiger partial charge in [-0.15, -0.1) is 0 Å². The zero-order chi connectivity index (χ0) is 10.3. The summed E-state index contributed by atoms with van der Waals surface area (Å²) >= 11 is 0. The van der Waals surface area contributed by atoms with E-state index in [1.165, 1.54) is 0 Å². The predicted octanol–water partition coefficient (Wildman–Crippen LogP) is 2.46. The second-order valence-corrected chi connectivity index (χ2v) is 3.99. The fraction of sp³-hybridized carbons (Fsp3) is 1.00. The van der Waals surface area contributed by atoms with Gasteiger partial charge in [-0.25, -0.2) is 0 Å². The molecule has 0 saturated heterocycles. The Morgan fingerprint density at radius 1 is 1.23 bits per heavy atom. The highest BCUT2D eigenvalue weighted by Gasteiger charge is 2.17. The summed E-state index contributed by atoms with van der Waals surface area (Å²) < 4.78 is 5.26. The number of rotatable bonds is 7. The fourth-order valence-corrected chi connectivity index (χ4v) is 1.70. The van der Waals surface area contributed by atoms with Gasteiger partial charge in [0.2, 0.25) is 0 Å². The van der Waals surface area contributed by atoms with Gasteiger partial charge < -0.3 is 9.84 Å². The monoisotopic (exact) mass is 188 g/mol. The Labute approximate surface area is 82.3 Å². The Morgan fingerprint density at radius 2 is 1.85 bits per heavy atom. The van der Waals surface area contributed by atoms with Crippen molar-refractivity contribution in [2.45, 2.75) is 46.6 Å². The molecule has 0 aromatic carbocycles. The molecular formula is C11H24O2. The van der Waals surface area contributed by atoms with Crippen molar-refractivity contribution in [3.63, 3.8) is 0 Å². The molecule has 0 aliphatic heterocycles. The van der Waals surface area contributed by atoms with Crippen LogP contribution in [-0.4, -0.2) is 24.4 Å². The topological polar surface area (TPSA) is 29.5 Å². The summed E-state index contributed by atoms with van der Waals surface area (Å²) in [5.74, 6) is 0.974. The Bertz CT molecular complexity index is 103. The van der Waals surface area contributed by atoms with Crippen LogP contribution in [0.15, 0.2) is 0 Å². The first-order valence-corrected chi connectivity index (χ1v) is 5.35. The molecule has 0 heterocycles. The molecule has 0 aromatic rings. The van der Waals surface area contributed by atoms with Gasteiger partial charge in [-0.1, -0.05) is 13.8 Å². The number of hydrogen-bond acceptors (Lipinski definition) is 2. The van der Waals surface area contributed by atoms with Crippen molar-refractivity contribution in [3.05, 3.63) is 0 Å². The van der Waals surface area contributed by atoms with Crippen LogP contribution in [0, 0.1) is 11.8 Å². The van der Waals surface area contributed by atoms with Crippen LogP contribution in [0.3, 0.4) is 0 Å². The number of ether oxygens (including phenoxy) is 1. The SMILES string of the molecule is CCOCCCC(C(C)C)C(C)O. The second-order valence-electron chi connectivity index (χ2n) is 3.99. The second kappa shape index (κ2) is 7.34. The largest absolute Gasteiger partial charge is 0.393 e. The van der Waals surface area contributed by atoms with Gasteiger partial charge in [0.25, 0.3) is 0 Å². The first-order chi connectivity index (χ1) is 6.09. The molecule has 13 heavy (non-hydrogen) atoms. The zero-order valence-corrected chi connectivity index (χ0v) is 9.42. The molecule has 0 bridgehead atoms. The molecule has 0 aromatic heterocycles. The van der Waals surface area contributed by atoms with Crippen LogP contribution in [0.5, 0.6) is 0 Å². The van der Waals surface area contributed by atoms with Gasteiger partial charge in [0, 0.05) is 13.2 Å². The van der Waals surface area contributed by atoms with Gasteiger partial charge in [-0.05, 0) is 38.5 Å². The third kappa shape index (κ3) is 6.05. The van der Waals surface area contributed by atoms with E-state index in [0.717, 1.165) is 26.1 Å². The van der Waals surface area contributed by atoms with Crippen LogP contribution in [0.25, 0.3) is 0 Å². The van der Waals surface area contributed by atoms with Crippen molar-refractivity contribution >= 4 is 0 Å². The van der Waals surface area contributed by atoms with Crippen LogP contribution in [0.4, 0.5) is 0 Å². The number of hydrogen-bond donors (Lipinski definition) is 1. The van der Waals surface area contributed by atoms with E-state index in [9.17, 15) is 5.11 Å². The Morgan fingerprint density at radius 3 is 2.23 bits per heavy atom. The third-order valence-corrected chi connectivity index (χ3v) is 2.51. The highest BCUT2D eigenvalue weighted by molar-refractivity contribution is 4.68. The summed E-state index contributed by atoms with van der Waals surface area (Å²) in [7, 11) is 0. The third-order valence-electron chi connectivity index (χ3n) is 2.51. The molecule has 2 heteroatoms. The lowest BCUT2D eigenvalue weighted by molar-refractivity contribution is 0.0778. The smallest absolute Gasteiger partial charge is 0.0542 e. The first kappa shape index (κ1) is 12.9. The molecule has 2 unspecified atom stereocenters. The molecule has 0 amide bonds. The minimum atomic E-state index is -0.193. The minimum absolute atomic E-state index is 0.193. The van der Waals surface area contributed by atoms with Gasteiger partial charge in [0.1, 0.15) is 0 Å². The summed E-state index contributed by atoms with van der Waals surface area (Å²) in [6.07, 6.45) is 1.93. The lowest BCUT2D eigenvalue weighted by Crippen LogP contribution is -2.22. The molecule has 0 aliphatic rings.